The summed E-state index contributed by atoms with van der Waals surface area (Å²) < 4.78 is 0. The highest BCUT2D eigenvalue weighted by atomic mass is 15.3. The normalized spacial score (nSPS) is 15.3. The molecule has 96 valence electrons. The summed E-state index contributed by atoms with van der Waals surface area (Å²) in [5, 5.41) is 11.0. The van der Waals surface area contributed by atoms with Crippen molar-refractivity contribution in [1.29, 1.82) is 5.41 Å². The minimum atomic E-state index is 0.406. The molecule has 18 heavy (non-hydrogen) atoms. The van der Waals surface area contributed by atoms with Gasteiger partial charge in [0.1, 0.15) is 0 Å². The Balaban J connectivity index is 2.09. The Morgan fingerprint density at radius 1 is 1.50 bits per heavy atom. The van der Waals surface area contributed by atoms with E-state index in [2.05, 4.69) is 21.9 Å². The van der Waals surface area contributed by atoms with Crippen LogP contribution in [0.25, 0.3) is 12.2 Å². The average Bonchev–Trinajstić information content (AvgIpc) is 2.98. The van der Waals surface area contributed by atoms with E-state index in [4.69, 9.17) is 5.41 Å². The lowest BCUT2D eigenvalue weighted by Crippen LogP contribution is -2.33. The van der Waals surface area contributed by atoms with Crippen LogP contribution in [-0.4, -0.2) is 33.9 Å². The molecule has 3 N–H and O–H groups in total. The number of aromatic nitrogens is 2. The largest absolute Gasteiger partial charge is 0.343 e. The first-order chi connectivity index (χ1) is 8.74. The zero-order valence-corrected chi connectivity index (χ0v) is 10.7. The SMILES string of the molecule is C=Cc1nc(NC(=N)N2CCCC2)[nH]c1/C=C\C. The van der Waals surface area contributed by atoms with Gasteiger partial charge in [0.25, 0.3) is 0 Å². The molecule has 0 unspecified atom stereocenters. The Bertz CT molecular complexity index is 466. The van der Waals surface area contributed by atoms with E-state index < -0.39 is 0 Å². The highest BCUT2D eigenvalue weighted by molar-refractivity contribution is 5.90. The number of nitrogens with zero attached hydrogens (tertiary/aromatic N) is 2. The Labute approximate surface area is 107 Å². The lowest BCUT2D eigenvalue weighted by atomic mass is 10.3. The number of anilines is 1. The van der Waals surface area contributed by atoms with E-state index in [1.807, 2.05) is 24.0 Å². The Morgan fingerprint density at radius 2 is 2.22 bits per heavy atom. The van der Waals surface area contributed by atoms with Gasteiger partial charge in [-0.05, 0) is 31.9 Å². The summed E-state index contributed by atoms with van der Waals surface area (Å²) in [6.07, 6.45) is 7.90. The van der Waals surface area contributed by atoms with Gasteiger partial charge in [0.05, 0.1) is 11.4 Å². The molecular weight excluding hydrogens is 226 g/mol. The van der Waals surface area contributed by atoms with Crippen LogP contribution in [0.5, 0.6) is 0 Å². The van der Waals surface area contributed by atoms with Gasteiger partial charge in [-0.25, -0.2) is 4.98 Å². The molecule has 1 saturated heterocycles. The maximum absolute atomic E-state index is 7.97. The summed E-state index contributed by atoms with van der Waals surface area (Å²) in [4.78, 5) is 9.51. The quantitative estimate of drug-likeness (QED) is 0.566. The van der Waals surface area contributed by atoms with Crippen molar-refractivity contribution >= 4 is 24.1 Å². The average molecular weight is 245 g/mol. The summed E-state index contributed by atoms with van der Waals surface area (Å²) in [6, 6.07) is 0. The molecule has 0 aromatic carbocycles. The van der Waals surface area contributed by atoms with Crippen LogP contribution in [0.4, 0.5) is 5.95 Å². The number of likely N-dealkylation sites (tertiary alicyclic amines) is 1. The smallest absolute Gasteiger partial charge is 0.208 e. The molecule has 0 radical (unpaired) electrons. The van der Waals surface area contributed by atoms with Gasteiger partial charge in [-0.3, -0.25) is 10.7 Å². The lowest BCUT2D eigenvalue weighted by Gasteiger charge is -2.17. The number of rotatable bonds is 3. The summed E-state index contributed by atoms with van der Waals surface area (Å²) >= 11 is 0. The van der Waals surface area contributed by atoms with Gasteiger partial charge >= 0.3 is 0 Å². The van der Waals surface area contributed by atoms with Crippen LogP contribution in [0.1, 0.15) is 31.2 Å². The fourth-order valence-corrected chi connectivity index (χ4v) is 2.04. The Morgan fingerprint density at radius 3 is 2.83 bits per heavy atom. The van der Waals surface area contributed by atoms with Crippen molar-refractivity contribution in [3.63, 3.8) is 0 Å². The van der Waals surface area contributed by atoms with Gasteiger partial charge in [0, 0.05) is 13.1 Å². The highest BCUT2D eigenvalue weighted by Gasteiger charge is 2.16. The van der Waals surface area contributed by atoms with Gasteiger partial charge < -0.3 is 9.88 Å². The number of aromatic amines is 1. The molecule has 5 heteroatoms. The summed E-state index contributed by atoms with van der Waals surface area (Å²) in [7, 11) is 0. The molecule has 1 fully saturated rings. The first kappa shape index (κ1) is 12.4. The van der Waals surface area contributed by atoms with Crippen molar-refractivity contribution in [3.8, 4) is 0 Å². The van der Waals surface area contributed by atoms with Crippen molar-refractivity contribution in [2.24, 2.45) is 0 Å². The second-order valence-electron chi connectivity index (χ2n) is 4.26. The van der Waals surface area contributed by atoms with E-state index in [0.717, 1.165) is 37.3 Å². The molecule has 1 aromatic rings. The van der Waals surface area contributed by atoms with Crippen LogP contribution in [0.15, 0.2) is 12.7 Å². The first-order valence-electron chi connectivity index (χ1n) is 6.20. The van der Waals surface area contributed by atoms with Crippen molar-refractivity contribution in [3.05, 3.63) is 24.0 Å². The molecule has 5 nitrogen and oxygen atoms in total. The van der Waals surface area contributed by atoms with Gasteiger partial charge in [-0.1, -0.05) is 12.7 Å². The third-order valence-corrected chi connectivity index (χ3v) is 2.95. The fraction of sp³-hybridized carbons (Fsp3) is 0.385. The second kappa shape index (κ2) is 5.53. The Kier molecular flexibility index (Phi) is 3.82. The van der Waals surface area contributed by atoms with E-state index in [-0.39, 0.29) is 0 Å². The zero-order chi connectivity index (χ0) is 13.0. The number of hydrogen-bond acceptors (Lipinski definition) is 2. The monoisotopic (exact) mass is 245 g/mol. The first-order valence-corrected chi connectivity index (χ1v) is 6.20. The molecular formula is C13H19N5. The fourth-order valence-electron chi connectivity index (χ4n) is 2.04. The minimum Gasteiger partial charge on any atom is -0.343 e. The van der Waals surface area contributed by atoms with Crippen LogP contribution >= 0.6 is 0 Å². The molecule has 1 aliphatic heterocycles. The Hall–Kier alpha value is -2.04. The van der Waals surface area contributed by atoms with E-state index >= 15 is 0 Å². The van der Waals surface area contributed by atoms with Crippen LogP contribution in [-0.2, 0) is 0 Å². The zero-order valence-electron chi connectivity index (χ0n) is 10.7. The van der Waals surface area contributed by atoms with Crippen molar-refractivity contribution in [2.45, 2.75) is 19.8 Å². The predicted octanol–water partition coefficient (Wildman–Crippen LogP) is 2.53. The maximum atomic E-state index is 7.97. The number of nitrogens with one attached hydrogen (secondary N) is 3. The molecule has 1 aromatic heterocycles. The van der Waals surface area contributed by atoms with E-state index in [0.29, 0.717) is 11.9 Å². The molecule has 2 heterocycles. The number of guanidine groups is 1. The molecule has 0 aliphatic carbocycles. The third kappa shape index (κ3) is 2.61. The van der Waals surface area contributed by atoms with E-state index in [1.165, 1.54) is 0 Å². The molecule has 0 bridgehead atoms. The van der Waals surface area contributed by atoms with E-state index in [9.17, 15) is 0 Å². The third-order valence-electron chi connectivity index (χ3n) is 2.95. The second-order valence-corrected chi connectivity index (χ2v) is 4.26. The van der Waals surface area contributed by atoms with Crippen molar-refractivity contribution in [2.75, 3.05) is 18.4 Å². The van der Waals surface area contributed by atoms with Crippen molar-refractivity contribution < 1.29 is 0 Å². The number of hydrogen-bond donors (Lipinski definition) is 3. The number of imidazole rings is 1. The predicted molar refractivity (Wildman–Crippen MR) is 75.5 cm³/mol. The van der Waals surface area contributed by atoms with Gasteiger partial charge in [-0.15, -0.1) is 0 Å². The number of allylic oxidation sites excluding steroid dienone is 1. The summed E-state index contributed by atoms with van der Waals surface area (Å²) in [5.74, 6) is 0.999. The highest BCUT2D eigenvalue weighted by Crippen LogP contribution is 2.14. The van der Waals surface area contributed by atoms with E-state index in [1.54, 1.807) is 6.08 Å². The molecule has 0 spiro atoms. The maximum Gasteiger partial charge on any atom is 0.208 e. The standard InChI is InChI=1S/C13H19N5/c1-3-7-11-10(4-2)15-13(16-11)17-12(14)18-8-5-6-9-18/h3-4,7H,2,5-6,8-9H2,1H3,(H3,14,15,16,17)/b7-3-. The summed E-state index contributed by atoms with van der Waals surface area (Å²) in [6.45, 7) is 7.58. The molecule has 0 amide bonds. The van der Waals surface area contributed by atoms with Crippen LogP contribution in [0, 0.1) is 5.41 Å². The minimum absolute atomic E-state index is 0.406. The van der Waals surface area contributed by atoms with Crippen molar-refractivity contribution in [1.82, 2.24) is 14.9 Å². The van der Waals surface area contributed by atoms with Gasteiger partial charge in [-0.2, -0.15) is 0 Å². The van der Waals surface area contributed by atoms with Crippen LogP contribution in [0.2, 0.25) is 0 Å². The van der Waals surface area contributed by atoms with Crippen LogP contribution in [0.3, 0.4) is 0 Å². The molecule has 0 atom stereocenters. The van der Waals surface area contributed by atoms with Crippen LogP contribution < -0.4 is 5.32 Å². The topological polar surface area (TPSA) is 67.8 Å². The molecule has 0 saturated carbocycles. The molecule has 1 aliphatic rings. The number of H-pyrrole nitrogens is 1. The van der Waals surface area contributed by atoms with Gasteiger partial charge in [0.15, 0.2) is 5.96 Å². The molecule has 2 rings (SSSR count). The summed E-state index contributed by atoms with van der Waals surface area (Å²) in [5.41, 5.74) is 1.70. The lowest BCUT2D eigenvalue weighted by molar-refractivity contribution is 0.514. The van der Waals surface area contributed by atoms with Gasteiger partial charge in [0.2, 0.25) is 5.95 Å².